The molecule has 2 aromatic rings. The van der Waals surface area contributed by atoms with Crippen molar-refractivity contribution in [3.8, 4) is 5.82 Å². The summed E-state index contributed by atoms with van der Waals surface area (Å²) in [6.07, 6.45) is 1.46. The van der Waals surface area contributed by atoms with Crippen LogP contribution in [-0.4, -0.2) is 32.0 Å². The van der Waals surface area contributed by atoms with Gasteiger partial charge in [-0.2, -0.15) is 5.10 Å². The lowest BCUT2D eigenvalue weighted by Gasteiger charge is -2.05. The molecule has 1 amide bonds. The highest BCUT2D eigenvalue weighted by Gasteiger charge is 2.14. The highest BCUT2D eigenvalue weighted by molar-refractivity contribution is 9.10. The minimum atomic E-state index is -1.08. The zero-order valence-corrected chi connectivity index (χ0v) is 13.0. The standard InChI is InChI=1S/C12H10BrF2N5O3/c13-8-1-9(15)10(17-3-8)19-6-18-20(12(19)22)4-7(2-14)5-23-11(16)21/h1-3,6H,4-5H2,(H2,16,21)/b7-2+. The maximum absolute atomic E-state index is 13.8. The number of amides is 1. The summed E-state index contributed by atoms with van der Waals surface area (Å²) in [6, 6.07) is 1.14. The largest absolute Gasteiger partial charge is 0.445 e. The molecule has 0 saturated heterocycles. The number of nitrogens with zero attached hydrogens (tertiary/aromatic N) is 4. The lowest BCUT2D eigenvalue weighted by atomic mass is 10.3. The van der Waals surface area contributed by atoms with Crippen LogP contribution in [0.2, 0.25) is 0 Å². The molecule has 2 N–H and O–H groups in total. The number of hydrogen-bond donors (Lipinski definition) is 1. The Morgan fingerprint density at radius 3 is 2.87 bits per heavy atom. The molecule has 0 bridgehead atoms. The zero-order valence-electron chi connectivity index (χ0n) is 11.4. The van der Waals surface area contributed by atoms with Gasteiger partial charge in [0.05, 0.1) is 12.9 Å². The molecule has 0 aliphatic heterocycles. The van der Waals surface area contributed by atoms with Gasteiger partial charge >= 0.3 is 11.8 Å². The number of rotatable bonds is 5. The van der Waals surface area contributed by atoms with Gasteiger partial charge in [0.2, 0.25) is 0 Å². The molecular formula is C12H10BrF2N5O3. The van der Waals surface area contributed by atoms with Crippen molar-refractivity contribution in [2.75, 3.05) is 6.61 Å². The molecule has 0 atom stereocenters. The van der Waals surface area contributed by atoms with Crippen molar-refractivity contribution in [3.63, 3.8) is 0 Å². The molecule has 2 heterocycles. The van der Waals surface area contributed by atoms with Crippen LogP contribution in [-0.2, 0) is 11.3 Å². The van der Waals surface area contributed by atoms with Crippen LogP contribution < -0.4 is 11.4 Å². The van der Waals surface area contributed by atoms with Crippen molar-refractivity contribution >= 4 is 22.0 Å². The van der Waals surface area contributed by atoms with Gasteiger partial charge in [0.15, 0.2) is 11.6 Å². The monoisotopic (exact) mass is 389 g/mol. The SMILES string of the molecule is NC(=O)OC/C(=C/F)Cn1ncn(-c2ncc(Br)cc2F)c1=O. The van der Waals surface area contributed by atoms with Crippen molar-refractivity contribution in [1.82, 2.24) is 19.3 Å². The molecule has 0 aliphatic carbocycles. The Morgan fingerprint density at radius 1 is 1.52 bits per heavy atom. The van der Waals surface area contributed by atoms with Crippen LogP contribution >= 0.6 is 15.9 Å². The highest BCUT2D eigenvalue weighted by Crippen LogP contribution is 2.14. The van der Waals surface area contributed by atoms with E-state index in [1.165, 1.54) is 6.20 Å². The summed E-state index contributed by atoms with van der Waals surface area (Å²) in [5.74, 6) is -0.983. The van der Waals surface area contributed by atoms with Crippen LogP contribution in [0.1, 0.15) is 0 Å². The second-order valence-corrected chi connectivity index (χ2v) is 5.19. The summed E-state index contributed by atoms with van der Waals surface area (Å²) in [5.41, 5.74) is 3.98. The topological polar surface area (TPSA) is 105 Å². The molecule has 0 fully saturated rings. The predicted octanol–water partition coefficient (Wildman–Crippen LogP) is 1.28. The Morgan fingerprint density at radius 2 is 2.26 bits per heavy atom. The molecule has 2 aromatic heterocycles. The Labute approximate surface area is 136 Å². The summed E-state index contributed by atoms with van der Waals surface area (Å²) in [4.78, 5) is 26.5. The number of hydrogen-bond acceptors (Lipinski definition) is 5. The number of aromatic nitrogens is 4. The fourth-order valence-corrected chi connectivity index (χ4v) is 1.95. The van der Waals surface area contributed by atoms with E-state index in [2.05, 4.69) is 30.7 Å². The minimum absolute atomic E-state index is 0.0552. The summed E-state index contributed by atoms with van der Waals surface area (Å²) < 4.78 is 33.1. The Bertz CT molecular complexity index is 817. The van der Waals surface area contributed by atoms with Gasteiger partial charge in [0.1, 0.15) is 12.9 Å². The third-order valence-corrected chi connectivity index (χ3v) is 3.09. The molecule has 0 radical (unpaired) electrons. The normalized spacial score (nSPS) is 11.5. The van der Waals surface area contributed by atoms with E-state index in [1.54, 1.807) is 0 Å². The first kappa shape index (κ1) is 16.8. The number of ether oxygens (including phenoxy) is 1. The predicted molar refractivity (Wildman–Crippen MR) is 78.0 cm³/mol. The van der Waals surface area contributed by atoms with E-state index in [4.69, 9.17) is 5.73 Å². The molecule has 0 aliphatic rings. The fraction of sp³-hybridized carbons (Fsp3) is 0.167. The van der Waals surface area contributed by atoms with Crippen LogP contribution in [0.5, 0.6) is 0 Å². The first-order valence-electron chi connectivity index (χ1n) is 6.08. The Kier molecular flexibility index (Phi) is 5.21. The molecule has 0 unspecified atom stereocenters. The van der Waals surface area contributed by atoms with E-state index in [1.807, 2.05) is 0 Å². The van der Waals surface area contributed by atoms with E-state index < -0.39 is 24.2 Å². The lowest BCUT2D eigenvalue weighted by Crippen LogP contribution is -2.26. The van der Waals surface area contributed by atoms with Gasteiger partial charge in [-0.1, -0.05) is 0 Å². The van der Waals surface area contributed by atoms with Gasteiger partial charge in [0, 0.05) is 16.2 Å². The second kappa shape index (κ2) is 7.13. The van der Waals surface area contributed by atoms with Gasteiger partial charge in [-0.15, -0.1) is 0 Å². The average Bonchev–Trinajstić information content (AvgIpc) is 2.84. The highest BCUT2D eigenvalue weighted by atomic mass is 79.9. The number of carbonyl (C=O) groups excluding carboxylic acids is 1. The van der Waals surface area contributed by atoms with Gasteiger partial charge in [-0.25, -0.2) is 32.6 Å². The maximum atomic E-state index is 13.8. The smallest absolute Gasteiger partial charge is 0.404 e. The van der Waals surface area contributed by atoms with E-state index in [9.17, 15) is 18.4 Å². The number of nitrogens with two attached hydrogens (primary N) is 1. The Balaban J connectivity index is 2.25. The fourth-order valence-electron chi connectivity index (χ4n) is 1.64. The zero-order chi connectivity index (χ0) is 17.0. The van der Waals surface area contributed by atoms with Crippen molar-refractivity contribution < 1.29 is 18.3 Å². The average molecular weight is 390 g/mol. The number of pyridine rings is 1. The quantitative estimate of drug-likeness (QED) is 0.828. The van der Waals surface area contributed by atoms with Crippen LogP contribution in [0, 0.1) is 5.82 Å². The van der Waals surface area contributed by atoms with Crippen LogP contribution in [0.25, 0.3) is 5.82 Å². The Hall–Kier alpha value is -2.56. The molecule has 8 nitrogen and oxygen atoms in total. The molecule has 2 rings (SSSR count). The van der Waals surface area contributed by atoms with Crippen molar-refractivity contribution in [2.45, 2.75) is 6.54 Å². The van der Waals surface area contributed by atoms with Crippen LogP contribution in [0.15, 0.2) is 39.8 Å². The summed E-state index contributed by atoms with van der Waals surface area (Å²) >= 11 is 3.05. The summed E-state index contributed by atoms with van der Waals surface area (Å²) in [6.45, 7) is -0.732. The summed E-state index contributed by atoms with van der Waals surface area (Å²) in [5, 5.41) is 3.74. The van der Waals surface area contributed by atoms with E-state index in [0.717, 1.165) is 21.6 Å². The third kappa shape index (κ3) is 4.00. The van der Waals surface area contributed by atoms with E-state index >= 15 is 0 Å². The molecule has 122 valence electrons. The summed E-state index contributed by atoms with van der Waals surface area (Å²) in [7, 11) is 0. The van der Waals surface area contributed by atoms with Gasteiger partial charge < -0.3 is 10.5 Å². The molecule has 0 aromatic carbocycles. The third-order valence-electron chi connectivity index (χ3n) is 2.66. The molecule has 11 heteroatoms. The van der Waals surface area contributed by atoms with E-state index in [-0.39, 0.29) is 24.3 Å². The second-order valence-electron chi connectivity index (χ2n) is 4.28. The van der Waals surface area contributed by atoms with Crippen molar-refractivity contribution in [1.29, 1.82) is 0 Å². The number of halogens is 3. The first-order chi connectivity index (χ1) is 10.9. The number of primary amides is 1. The minimum Gasteiger partial charge on any atom is -0.445 e. The van der Waals surface area contributed by atoms with Gasteiger partial charge in [0.25, 0.3) is 0 Å². The molecule has 0 saturated carbocycles. The molecule has 0 spiro atoms. The molecular weight excluding hydrogens is 380 g/mol. The maximum Gasteiger partial charge on any atom is 0.404 e. The van der Waals surface area contributed by atoms with Gasteiger partial charge in [-0.3, -0.25) is 0 Å². The lowest BCUT2D eigenvalue weighted by molar-refractivity contribution is 0.164. The van der Waals surface area contributed by atoms with Crippen molar-refractivity contribution in [2.24, 2.45) is 5.73 Å². The van der Waals surface area contributed by atoms with Crippen molar-refractivity contribution in [3.05, 3.63) is 51.3 Å². The van der Waals surface area contributed by atoms with Crippen LogP contribution in [0.4, 0.5) is 13.6 Å². The van der Waals surface area contributed by atoms with E-state index in [0.29, 0.717) is 4.47 Å². The first-order valence-corrected chi connectivity index (χ1v) is 6.88. The number of carbonyl (C=O) groups is 1. The van der Waals surface area contributed by atoms with Crippen LogP contribution in [0.3, 0.4) is 0 Å². The van der Waals surface area contributed by atoms with Gasteiger partial charge in [-0.05, 0) is 22.0 Å². The molecule has 23 heavy (non-hydrogen) atoms.